The smallest absolute Gasteiger partial charge is 0.244 e. The Balaban J connectivity index is 2.11. The molecule has 1 aromatic carbocycles. The molecule has 0 bridgehead atoms. The monoisotopic (exact) mass is 346 g/mol. The Kier molecular flexibility index (Phi) is 5.71. The first-order valence-electron chi connectivity index (χ1n) is 7.43. The van der Waals surface area contributed by atoms with Crippen molar-refractivity contribution in [2.45, 2.75) is 43.7 Å². The average Bonchev–Trinajstić information content (AvgIpc) is 2.47. The van der Waals surface area contributed by atoms with Crippen LogP contribution in [0.1, 0.15) is 26.7 Å². The molecule has 0 aromatic heterocycles. The second kappa shape index (κ2) is 7.17. The van der Waals surface area contributed by atoms with Crippen LogP contribution in [0.4, 0.5) is 0 Å². The van der Waals surface area contributed by atoms with E-state index in [-0.39, 0.29) is 10.9 Å². The quantitative estimate of drug-likeness (QED) is 0.890. The number of piperidine rings is 1. The molecular formula is C15H23ClN2O3S. The van der Waals surface area contributed by atoms with Crippen molar-refractivity contribution in [3.05, 3.63) is 23.2 Å². The van der Waals surface area contributed by atoms with E-state index in [1.807, 2.05) is 0 Å². The fourth-order valence-electron chi connectivity index (χ4n) is 2.68. The van der Waals surface area contributed by atoms with Crippen molar-refractivity contribution < 1.29 is 13.2 Å². The molecule has 2 rings (SSSR count). The Labute approximate surface area is 137 Å². The van der Waals surface area contributed by atoms with Crippen molar-refractivity contribution in [3.8, 4) is 5.75 Å². The van der Waals surface area contributed by atoms with Gasteiger partial charge in [-0.15, -0.1) is 0 Å². The minimum absolute atomic E-state index is 0.0521. The van der Waals surface area contributed by atoms with Crippen molar-refractivity contribution in [1.82, 2.24) is 9.62 Å². The van der Waals surface area contributed by atoms with Gasteiger partial charge in [0.05, 0.1) is 7.11 Å². The van der Waals surface area contributed by atoms with Gasteiger partial charge in [0.1, 0.15) is 10.6 Å². The molecule has 0 saturated carbocycles. The van der Waals surface area contributed by atoms with E-state index >= 15 is 0 Å². The number of hydrogen-bond acceptors (Lipinski definition) is 4. The van der Waals surface area contributed by atoms with Gasteiger partial charge in [0.2, 0.25) is 10.0 Å². The van der Waals surface area contributed by atoms with E-state index in [0.717, 1.165) is 25.9 Å². The van der Waals surface area contributed by atoms with Crippen LogP contribution in [0.5, 0.6) is 5.75 Å². The van der Waals surface area contributed by atoms with Crippen LogP contribution in [0.25, 0.3) is 0 Å². The third kappa shape index (κ3) is 4.13. The molecule has 0 unspecified atom stereocenters. The van der Waals surface area contributed by atoms with Crippen LogP contribution in [0.3, 0.4) is 0 Å². The summed E-state index contributed by atoms with van der Waals surface area (Å²) in [4.78, 5) is 2.44. The van der Waals surface area contributed by atoms with Crippen LogP contribution in [-0.4, -0.2) is 45.6 Å². The average molecular weight is 347 g/mol. The Morgan fingerprint density at radius 1 is 1.32 bits per heavy atom. The van der Waals surface area contributed by atoms with Gasteiger partial charge < -0.3 is 9.64 Å². The van der Waals surface area contributed by atoms with Gasteiger partial charge in [0.25, 0.3) is 0 Å². The Morgan fingerprint density at radius 3 is 2.50 bits per heavy atom. The number of benzene rings is 1. The first-order valence-corrected chi connectivity index (χ1v) is 9.29. The number of nitrogens with one attached hydrogen (secondary N) is 1. The van der Waals surface area contributed by atoms with Gasteiger partial charge in [-0.3, -0.25) is 0 Å². The second-order valence-corrected chi connectivity index (χ2v) is 7.94. The maximum absolute atomic E-state index is 12.6. The fraction of sp³-hybridized carbons (Fsp3) is 0.600. The van der Waals surface area contributed by atoms with Crippen LogP contribution in [-0.2, 0) is 10.0 Å². The Morgan fingerprint density at radius 2 is 1.95 bits per heavy atom. The molecule has 7 heteroatoms. The normalized spacial score (nSPS) is 17.9. The maximum Gasteiger partial charge on any atom is 0.244 e. The molecule has 1 fully saturated rings. The predicted octanol–water partition coefficient (Wildman–Crippen LogP) is 2.50. The third-order valence-electron chi connectivity index (χ3n) is 4.00. The van der Waals surface area contributed by atoms with E-state index in [2.05, 4.69) is 23.5 Å². The van der Waals surface area contributed by atoms with Crippen LogP contribution in [0.15, 0.2) is 23.1 Å². The molecule has 1 aliphatic heterocycles. The van der Waals surface area contributed by atoms with Gasteiger partial charge in [-0.25, -0.2) is 13.1 Å². The van der Waals surface area contributed by atoms with E-state index in [9.17, 15) is 8.42 Å². The molecule has 0 aliphatic carbocycles. The third-order valence-corrected chi connectivity index (χ3v) is 5.77. The Hall–Kier alpha value is -0.820. The predicted molar refractivity (Wildman–Crippen MR) is 88.1 cm³/mol. The van der Waals surface area contributed by atoms with Crippen molar-refractivity contribution in [1.29, 1.82) is 0 Å². The summed E-state index contributed by atoms with van der Waals surface area (Å²) in [5, 5.41) is 0.371. The number of rotatable bonds is 5. The number of halogens is 1. The standard InChI is InChI=1S/C15H23ClN2O3S/c1-11(2)18-8-6-13(7-9-18)17-22(19,20)15-10-12(16)4-5-14(15)21-3/h4-5,10-11,13,17H,6-9H2,1-3H3. The summed E-state index contributed by atoms with van der Waals surface area (Å²) in [6, 6.07) is 5.04. The summed E-state index contributed by atoms with van der Waals surface area (Å²) in [6.07, 6.45) is 1.61. The van der Waals surface area contributed by atoms with E-state index in [1.54, 1.807) is 12.1 Å². The van der Waals surface area contributed by atoms with Crippen LogP contribution >= 0.6 is 11.6 Å². The molecule has 1 N–H and O–H groups in total. The molecule has 0 amide bonds. The van der Waals surface area contributed by atoms with Gasteiger partial charge in [0.15, 0.2) is 0 Å². The lowest BCUT2D eigenvalue weighted by molar-refractivity contribution is 0.168. The summed E-state index contributed by atoms with van der Waals surface area (Å²) in [6.45, 7) is 6.11. The van der Waals surface area contributed by atoms with Crippen LogP contribution in [0, 0.1) is 0 Å². The number of likely N-dealkylation sites (tertiary alicyclic amines) is 1. The number of sulfonamides is 1. The lowest BCUT2D eigenvalue weighted by atomic mass is 10.1. The molecule has 1 heterocycles. The van der Waals surface area contributed by atoms with Gasteiger partial charge >= 0.3 is 0 Å². The largest absolute Gasteiger partial charge is 0.495 e. The van der Waals surface area contributed by atoms with Crippen molar-refractivity contribution in [2.24, 2.45) is 0 Å². The van der Waals surface area contributed by atoms with Crippen molar-refractivity contribution in [2.75, 3.05) is 20.2 Å². The summed E-state index contributed by atoms with van der Waals surface area (Å²) in [5.74, 6) is 0.302. The highest BCUT2D eigenvalue weighted by Gasteiger charge is 2.27. The highest BCUT2D eigenvalue weighted by molar-refractivity contribution is 7.89. The minimum atomic E-state index is -3.64. The minimum Gasteiger partial charge on any atom is -0.495 e. The maximum atomic E-state index is 12.6. The van der Waals surface area contributed by atoms with Gasteiger partial charge in [-0.2, -0.15) is 0 Å². The first-order chi connectivity index (χ1) is 10.3. The van der Waals surface area contributed by atoms with Crippen molar-refractivity contribution in [3.63, 3.8) is 0 Å². The van der Waals surface area contributed by atoms with E-state index in [0.29, 0.717) is 16.8 Å². The second-order valence-electron chi connectivity index (χ2n) is 5.82. The molecule has 124 valence electrons. The van der Waals surface area contributed by atoms with Gasteiger partial charge in [0, 0.05) is 17.1 Å². The zero-order valence-electron chi connectivity index (χ0n) is 13.2. The zero-order chi connectivity index (χ0) is 16.3. The number of methoxy groups -OCH3 is 1. The molecule has 1 aliphatic rings. The fourth-order valence-corrected chi connectivity index (χ4v) is 4.41. The lowest BCUT2D eigenvalue weighted by Gasteiger charge is -2.34. The van der Waals surface area contributed by atoms with Crippen molar-refractivity contribution >= 4 is 21.6 Å². The topological polar surface area (TPSA) is 58.6 Å². The molecule has 0 atom stereocenters. The molecule has 1 aromatic rings. The first kappa shape index (κ1) is 17.5. The van der Waals surface area contributed by atoms with E-state index in [4.69, 9.17) is 16.3 Å². The lowest BCUT2D eigenvalue weighted by Crippen LogP contribution is -2.46. The molecular weight excluding hydrogens is 324 g/mol. The number of ether oxygens (including phenoxy) is 1. The molecule has 0 spiro atoms. The van der Waals surface area contributed by atoms with E-state index in [1.165, 1.54) is 13.2 Å². The summed E-state index contributed by atoms with van der Waals surface area (Å²) < 4.78 is 33.1. The van der Waals surface area contributed by atoms with E-state index < -0.39 is 10.0 Å². The van der Waals surface area contributed by atoms with Gasteiger partial charge in [-0.05, 0) is 58.0 Å². The van der Waals surface area contributed by atoms with Gasteiger partial charge in [-0.1, -0.05) is 11.6 Å². The Bertz CT molecular complexity index is 611. The summed E-state index contributed by atoms with van der Waals surface area (Å²) in [5.41, 5.74) is 0. The number of hydrogen-bond donors (Lipinski definition) is 1. The summed E-state index contributed by atoms with van der Waals surface area (Å²) >= 11 is 5.92. The zero-order valence-corrected chi connectivity index (χ0v) is 14.7. The molecule has 5 nitrogen and oxygen atoms in total. The summed E-state index contributed by atoms with van der Waals surface area (Å²) in [7, 11) is -2.19. The highest BCUT2D eigenvalue weighted by Crippen LogP contribution is 2.27. The van der Waals surface area contributed by atoms with Crippen LogP contribution in [0.2, 0.25) is 5.02 Å². The molecule has 22 heavy (non-hydrogen) atoms. The van der Waals surface area contributed by atoms with Crippen LogP contribution < -0.4 is 9.46 Å². The molecule has 0 radical (unpaired) electrons. The number of nitrogens with zero attached hydrogens (tertiary/aromatic N) is 1. The highest BCUT2D eigenvalue weighted by atomic mass is 35.5. The molecule has 1 saturated heterocycles. The SMILES string of the molecule is COc1ccc(Cl)cc1S(=O)(=O)NC1CCN(C(C)C)CC1.